The number of hydrogen-bond acceptors (Lipinski definition) is 1. The van der Waals surface area contributed by atoms with Crippen molar-refractivity contribution in [2.75, 3.05) is 7.11 Å². The molecule has 0 aliphatic rings. The van der Waals surface area contributed by atoms with E-state index < -0.39 is 0 Å². The first-order chi connectivity index (χ1) is 8.61. The first-order valence-electron chi connectivity index (χ1n) is 5.35. The van der Waals surface area contributed by atoms with Gasteiger partial charge in [0.1, 0.15) is 5.75 Å². The summed E-state index contributed by atoms with van der Waals surface area (Å²) < 4.78 is 7.40. The van der Waals surface area contributed by atoms with Gasteiger partial charge in [0.25, 0.3) is 0 Å². The summed E-state index contributed by atoms with van der Waals surface area (Å²) >= 11 is 10.8. The average Bonchev–Trinajstić information content (AvgIpc) is 2.41. The molecule has 0 aromatic heterocycles. The molecule has 0 amide bonds. The molecule has 0 aliphatic carbocycles. The zero-order valence-electron chi connectivity index (χ0n) is 9.66. The Hall–Kier alpha value is -0.320. The summed E-state index contributed by atoms with van der Waals surface area (Å²) in [5, 5.41) is 0. The molecule has 0 radical (unpaired) electrons. The van der Waals surface area contributed by atoms with Crippen molar-refractivity contribution >= 4 is 47.8 Å². The molecule has 0 aliphatic heterocycles. The minimum absolute atomic E-state index is 0.125. The maximum Gasteiger partial charge on any atom is 0.119 e. The maximum absolute atomic E-state index is 5.25. The fourth-order valence-corrected chi connectivity index (χ4v) is 3.51. The second-order valence-corrected chi connectivity index (χ2v) is 6.49. The van der Waals surface area contributed by atoms with Crippen LogP contribution in [0.3, 0.4) is 0 Å². The van der Waals surface area contributed by atoms with E-state index in [2.05, 4.69) is 59.9 Å². The molecule has 0 fully saturated rings. The van der Waals surface area contributed by atoms with E-state index in [0.717, 1.165) is 20.3 Å². The normalized spacial score (nSPS) is 12.2. The van der Waals surface area contributed by atoms with Crippen molar-refractivity contribution in [1.29, 1.82) is 0 Å². The fraction of sp³-hybridized carbons (Fsp3) is 0.143. The number of halogens is 3. The van der Waals surface area contributed by atoms with E-state index in [1.165, 1.54) is 5.56 Å². The minimum atomic E-state index is 0.125. The van der Waals surface area contributed by atoms with Gasteiger partial charge in [0.15, 0.2) is 0 Å². The highest BCUT2D eigenvalue weighted by molar-refractivity contribution is 9.11. The van der Waals surface area contributed by atoms with Gasteiger partial charge in [-0.25, -0.2) is 0 Å². The molecule has 2 aromatic carbocycles. The molecule has 0 saturated carbocycles. The van der Waals surface area contributed by atoms with E-state index >= 15 is 0 Å². The highest BCUT2D eigenvalue weighted by atomic mass is 79.9. The molecular formula is C14H11Br3O. The van der Waals surface area contributed by atoms with Gasteiger partial charge < -0.3 is 4.74 Å². The Morgan fingerprint density at radius 3 is 2.56 bits per heavy atom. The Morgan fingerprint density at radius 1 is 1.06 bits per heavy atom. The summed E-state index contributed by atoms with van der Waals surface area (Å²) in [6, 6.07) is 14.2. The molecule has 0 N–H and O–H groups in total. The first-order valence-corrected chi connectivity index (χ1v) is 7.85. The lowest BCUT2D eigenvalue weighted by atomic mass is 10.0. The SMILES string of the molecule is COc1cccc(C(Br)c2cc(Br)ccc2Br)c1. The van der Waals surface area contributed by atoms with Crippen molar-refractivity contribution in [2.45, 2.75) is 4.83 Å². The third kappa shape index (κ3) is 3.16. The molecule has 94 valence electrons. The zero-order valence-corrected chi connectivity index (χ0v) is 14.4. The molecular weight excluding hydrogens is 424 g/mol. The summed E-state index contributed by atoms with van der Waals surface area (Å²) in [6.07, 6.45) is 0. The second kappa shape index (κ2) is 6.22. The van der Waals surface area contributed by atoms with Crippen LogP contribution in [-0.2, 0) is 0 Å². The van der Waals surface area contributed by atoms with Crippen molar-refractivity contribution in [3.8, 4) is 5.75 Å². The van der Waals surface area contributed by atoms with Gasteiger partial charge >= 0.3 is 0 Å². The number of benzene rings is 2. The van der Waals surface area contributed by atoms with Crippen LogP contribution in [0.25, 0.3) is 0 Å². The summed E-state index contributed by atoms with van der Waals surface area (Å²) in [7, 11) is 1.68. The van der Waals surface area contributed by atoms with E-state index in [-0.39, 0.29) is 4.83 Å². The van der Waals surface area contributed by atoms with Crippen LogP contribution in [-0.4, -0.2) is 7.11 Å². The molecule has 0 spiro atoms. The summed E-state index contributed by atoms with van der Waals surface area (Å²) in [5.41, 5.74) is 2.34. The van der Waals surface area contributed by atoms with Crippen LogP contribution in [0.2, 0.25) is 0 Å². The largest absolute Gasteiger partial charge is 0.497 e. The van der Waals surface area contributed by atoms with E-state index in [0.29, 0.717) is 0 Å². The molecule has 1 unspecified atom stereocenters. The Bertz CT molecular complexity index is 554. The van der Waals surface area contributed by atoms with Crippen LogP contribution in [0, 0.1) is 0 Å². The van der Waals surface area contributed by atoms with Crippen molar-refractivity contribution in [3.63, 3.8) is 0 Å². The lowest BCUT2D eigenvalue weighted by molar-refractivity contribution is 0.414. The fourth-order valence-electron chi connectivity index (χ4n) is 1.69. The van der Waals surface area contributed by atoms with E-state index in [1.807, 2.05) is 30.3 Å². The number of methoxy groups -OCH3 is 1. The van der Waals surface area contributed by atoms with E-state index in [9.17, 15) is 0 Å². The lowest BCUT2D eigenvalue weighted by Crippen LogP contribution is -1.95. The van der Waals surface area contributed by atoms with Gasteiger partial charge in [-0.3, -0.25) is 0 Å². The van der Waals surface area contributed by atoms with Crippen molar-refractivity contribution < 1.29 is 4.74 Å². The molecule has 0 heterocycles. The Kier molecular flexibility index (Phi) is 4.87. The van der Waals surface area contributed by atoms with Crippen LogP contribution in [0.15, 0.2) is 51.4 Å². The van der Waals surface area contributed by atoms with Crippen molar-refractivity contribution in [2.24, 2.45) is 0 Å². The topological polar surface area (TPSA) is 9.23 Å². The van der Waals surface area contributed by atoms with Crippen molar-refractivity contribution in [3.05, 3.63) is 62.5 Å². The number of rotatable bonds is 3. The monoisotopic (exact) mass is 432 g/mol. The average molecular weight is 435 g/mol. The predicted octanol–water partition coefficient (Wildman–Crippen LogP) is 5.70. The molecule has 18 heavy (non-hydrogen) atoms. The van der Waals surface area contributed by atoms with Crippen LogP contribution >= 0.6 is 47.8 Å². The Balaban J connectivity index is 2.40. The van der Waals surface area contributed by atoms with Crippen LogP contribution in [0.4, 0.5) is 0 Å². The highest BCUT2D eigenvalue weighted by Gasteiger charge is 2.14. The zero-order chi connectivity index (χ0) is 13.1. The predicted molar refractivity (Wildman–Crippen MR) is 85.6 cm³/mol. The van der Waals surface area contributed by atoms with Gasteiger partial charge in [-0.1, -0.05) is 59.9 Å². The van der Waals surface area contributed by atoms with Crippen LogP contribution < -0.4 is 4.74 Å². The molecule has 2 rings (SSSR count). The summed E-state index contributed by atoms with van der Waals surface area (Å²) in [6.45, 7) is 0. The third-order valence-corrected chi connectivity index (χ3v) is 4.85. The van der Waals surface area contributed by atoms with Gasteiger partial charge in [-0.05, 0) is 41.5 Å². The molecule has 0 bridgehead atoms. The summed E-state index contributed by atoms with van der Waals surface area (Å²) in [4.78, 5) is 0.125. The maximum atomic E-state index is 5.25. The van der Waals surface area contributed by atoms with E-state index in [1.54, 1.807) is 7.11 Å². The highest BCUT2D eigenvalue weighted by Crippen LogP contribution is 2.37. The Morgan fingerprint density at radius 2 is 1.83 bits per heavy atom. The molecule has 1 nitrogen and oxygen atoms in total. The number of ether oxygens (including phenoxy) is 1. The third-order valence-electron chi connectivity index (χ3n) is 2.62. The minimum Gasteiger partial charge on any atom is -0.497 e. The van der Waals surface area contributed by atoms with Gasteiger partial charge in [0.05, 0.1) is 11.9 Å². The molecule has 1 atom stereocenters. The van der Waals surface area contributed by atoms with Crippen LogP contribution in [0.1, 0.15) is 16.0 Å². The van der Waals surface area contributed by atoms with E-state index in [4.69, 9.17) is 4.74 Å². The number of alkyl halides is 1. The summed E-state index contributed by atoms with van der Waals surface area (Å²) in [5.74, 6) is 0.864. The second-order valence-electron chi connectivity index (χ2n) is 3.81. The standard InChI is InChI=1S/C14H11Br3O/c1-18-11-4-2-3-9(7-11)14(17)12-8-10(15)5-6-13(12)16/h2-8,14H,1H3. The van der Waals surface area contributed by atoms with Gasteiger partial charge in [0.2, 0.25) is 0 Å². The molecule has 4 heteroatoms. The lowest BCUT2D eigenvalue weighted by Gasteiger charge is -2.14. The molecule has 2 aromatic rings. The number of hydrogen-bond donors (Lipinski definition) is 0. The smallest absolute Gasteiger partial charge is 0.119 e. The molecule has 0 saturated heterocycles. The van der Waals surface area contributed by atoms with Gasteiger partial charge in [0, 0.05) is 8.95 Å². The van der Waals surface area contributed by atoms with Crippen LogP contribution in [0.5, 0.6) is 5.75 Å². The first kappa shape index (κ1) is 14.1. The Labute approximate surface area is 132 Å². The van der Waals surface area contributed by atoms with Gasteiger partial charge in [-0.15, -0.1) is 0 Å². The van der Waals surface area contributed by atoms with Gasteiger partial charge in [-0.2, -0.15) is 0 Å². The quantitative estimate of drug-likeness (QED) is 0.562. The van der Waals surface area contributed by atoms with Crippen molar-refractivity contribution in [1.82, 2.24) is 0 Å².